The molecule has 0 aliphatic carbocycles. The van der Waals surface area contributed by atoms with E-state index in [1.807, 2.05) is 24.3 Å². The summed E-state index contributed by atoms with van der Waals surface area (Å²) in [5.41, 5.74) is 10.8. The van der Waals surface area contributed by atoms with Crippen LogP contribution in [0.2, 0.25) is 0 Å². The smallest absolute Gasteiger partial charge is 0.136 e. The zero-order valence-corrected chi connectivity index (χ0v) is 25.6. The molecule has 3 nitrogen and oxygen atoms in total. The van der Waals surface area contributed by atoms with E-state index in [0.29, 0.717) is 0 Å². The molecular weight excluding hydrogens is 572 g/mol. The van der Waals surface area contributed by atoms with Crippen LogP contribution in [0, 0.1) is 0 Å². The number of furan rings is 1. The van der Waals surface area contributed by atoms with E-state index in [0.717, 1.165) is 44.7 Å². The Balaban J connectivity index is 1.18. The predicted octanol–water partition coefficient (Wildman–Crippen LogP) is 12.7. The van der Waals surface area contributed by atoms with Crippen molar-refractivity contribution in [2.24, 2.45) is 0 Å². The van der Waals surface area contributed by atoms with Crippen LogP contribution in [-0.2, 0) is 0 Å². The fourth-order valence-electron chi connectivity index (χ4n) is 6.97. The van der Waals surface area contributed by atoms with Gasteiger partial charge in [-0.3, -0.25) is 0 Å². The molecule has 0 spiro atoms. The van der Waals surface area contributed by atoms with Crippen LogP contribution in [0.3, 0.4) is 0 Å². The van der Waals surface area contributed by atoms with Crippen molar-refractivity contribution in [1.29, 1.82) is 0 Å². The fraction of sp³-hybridized carbons (Fsp3) is 0. The van der Waals surface area contributed by atoms with Gasteiger partial charge in [-0.05, 0) is 92.3 Å². The maximum Gasteiger partial charge on any atom is 0.136 e. The van der Waals surface area contributed by atoms with Crippen LogP contribution >= 0.6 is 0 Å². The summed E-state index contributed by atoms with van der Waals surface area (Å²) in [7, 11) is 0. The molecule has 1 aromatic heterocycles. The third-order valence-electron chi connectivity index (χ3n) is 9.04. The van der Waals surface area contributed by atoms with E-state index < -0.39 is 0 Å². The molecule has 1 heterocycles. The summed E-state index contributed by atoms with van der Waals surface area (Å²) in [5, 5.41) is 14.4. The van der Waals surface area contributed by atoms with E-state index in [4.69, 9.17) is 4.42 Å². The van der Waals surface area contributed by atoms with E-state index in [-0.39, 0.29) is 0 Å². The maximum absolute atomic E-state index is 6.31. The van der Waals surface area contributed by atoms with Gasteiger partial charge in [0.1, 0.15) is 11.2 Å². The molecule has 0 radical (unpaired) electrons. The first kappa shape index (κ1) is 27.0. The molecule has 2 N–H and O–H groups in total. The first-order valence-corrected chi connectivity index (χ1v) is 15.9. The van der Waals surface area contributed by atoms with Crippen LogP contribution in [0.1, 0.15) is 0 Å². The Hall–Kier alpha value is -6.32. The van der Waals surface area contributed by atoms with Gasteiger partial charge < -0.3 is 15.1 Å². The highest BCUT2D eigenvalue weighted by Crippen LogP contribution is 2.47. The van der Waals surface area contributed by atoms with E-state index in [9.17, 15) is 0 Å². The molecule has 8 aromatic carbocycles. The summed E-state index contributed by atoms with van der Waals surface area (Å²) in [4.78, 5) is 0. The highest BCUT2D eigenvalue weighted by atomic mass is 16.3. The van der Waals surface area contributed by atoms with E-state index in [1.54, 1.807) is 0 Å². The van der Waals surface area contributed by atoms with Crippen LogP contribution in [0.4, 0.5) is 22.7 Å². The molecule has 0 atom stereocenters. The largest absolute Gasteiger partial charge is 0.456 e. The number of benzene rings is 8. The number of fused-ring (bicyclic) bond motifs is 5. The molecule has 9 rings (SSSR count). The van der Waals surface area contributed by atoms with Crippen LogP contribution < -0.4 is 10.6 Å². The second kappa shape index (κ2) is 11.2. The Kier molecular flexibility index (Phi) is 6.46. The average molecular weight is 603 g/mol. The number of hydrogen-bond acceptors (Lipinski definition) is 3. The SMILES string of the molecule is c1ccc(Nc2ccccc2Nc2ccc(-c3c4ccccc4c(-c4cccc5oc6ccccc6c45)c4ccccc34)cc2)cc1. The third kappa shape index (κ3) is 4.68. The summed E-state index contributed by atoms with van der Waals surface area (Å²) >= 11 is 0. The molecule has 0 amide bonds. The molecule has 0 bridgehead atoms. The van der Waals surface area contributed by atoms with Crippen molar-refractivity contribution >= 4 is 66.2 Å². The van der Waals surface area contributed by atoms with Crippen molar-refractivity contribution < 1.29 is 4.42 Å². The Labute approximate surface area is 272 Å². The Bertz CT molecular complexity index is 2510. The zero-order chi connectivity index (χ0) is 31.2. The average Bonchev–Trinajstić information content (AvgIpc) is 3.52. The fourth-order valence-corrected chi connectivity index (χ4v) is 6.97. The first-order valence-electron chi connectivity index (χ1n) is 15.9. The zero-order valence-electron chi connectivity index (χ0n) is 25.6. The minimum absolute atomic E-state index is 0.907. The van der Waals surface area contributed by atoms with Gasteiger partial charge in [-0.25, -0.2) is 0 Å². The number of nitrogens with one attached hydrogen (secondary N) is 2. The summed E-state index contributed by atoms with van der Waals surface area (Å²) in [6.45, 7) is 0. The molecule has 3 heteroatoms. The van der Waals surface area contributed by atoms with E-state index >= 15 is 0 Å². The highest BCUT2D eigenvalue weighted by molar-refractivity contribution is 6.25. The lowest BCUT2D eigenvalue weighted by molar-refractivity contribution is 0.669. The molecule has 222 valence electrons. The van der Waals surface area contributed by atoms with E-state index in [1.165, 1.54) is 43.8 Å². The normalized spacial score (nSPS) is 11.4. The molecule has 9 aromatic rings. The number of rotatable bonds is 6. The van der Waals surface area contributed by atoms with Crippen molar-refractivity contribution in [1.82, 2.24) is 0 Å². The van der Waals surface area contributed by atoms with Crippen molar-refractivity contribution in [3.05, 3.63) is 170 Å². The van der Waals surface area contributed by atoms with Gasteiger partial charge in [0.15, 0.2) is 0 Å². The summed E-state index contributed by atoms with van der Waals surface area (Å²) in [6, 6.07) is 59.7. The first-order chi connectivity index (χ1) is 23.3. The summed E-state index contributed by atoms with van der Waals surface area (Å²) in [6.07, 6.45) is 0. The lowest BCUT2D eigenvalue weighted by Crippen LogP contribution is -1.97. The van der Waals surface area contributed by atoms with Gasteiger partial charge in [-0.15, -0.1) is 0 Å². The predicted molar refractivity (Wildman–Crippen MR) is 199 cm³/mol. The number of para-hydroxylation sites is 4. The van der Waals surface area contributed by atoms with Crippen LogP contribution in [0.25, 0.3) is 65.7 Å². The molecule has 0 aliphatic rings. The molecule has 0 saturated carbocycles. The standard InChI is InChI=1S/C44H30N2O/c1-2-13-30(14-3-1)45-38-21-9-10-22-39(38)46-31-27-25-29(26-28-31)42-32-15-4-6-17-34(32)43(35-18-7-5-16-33(35)42)37-20-12-24-41-44(37)36-19-8-11-23-40(36)47-41/h1-28,45-46H. The van der Waals surface area contributed by atoms with Gasteiger partial charge in [0.05, 0.1) is 11.4 Å². The Morgan fingerprint density at radius 2 is 0.830 bits per heavy atom. The van der Waals surface area contributed by atoms with Crippen LogP contribution in [-0.4, -0.2) is 0 Å². The highest BCUT2D eigenvalue weighted by Gasteiger charge is 2.20. The molecule has 0 unspecified atom stereocenters. The topological polar surface area (TPSA) is 37.2 Å². The van der Waals surface area contributed by atoms with Crippen LogP contribution in [0.5, 0.6) is 0 Å². The summed E-state index contributed by atoms with van der Waals surface area (Å²) < 4.78 is 6.31. The Morgan fingerprint density at radius 1 is 0.340 bits per heavy atom. The lowest BCUT2D eigenvalue weighted by Gasteiger charge is -2.18. The second-order valence-electron chi connectivity index (χ2n) is 11.9. The third-order valence-corrected chi connectivity index (χ3v) is 9.04. The quantitative estimate of drug-likeness (QED) is 0.186. The maximum atomic E-state index is 6.31. The molecular formula is C44H30N2O. The summed E-state index contributed by atoms with van der Waals surface area (Å²) in [5.74, 6) is 0. The van der Waals surface area contributed by atoms with Gasteiger partial charge >= 0.3 is 0 Å². The molecule has 0 fully saturated rings. The van der Waals surface area contributed by atoms with E-state index in [2.05, 4.69) is 156 Å². The van der Waals surface area contributed by atoms with Gasteiger partial charge in [-0.2, -0.15) is 0 Å². The van der Waals surface area contributed by atoms with Gasteiger partial charge in [0.25, 0.3) is 0 Å². The molecule has 0 saturated heterocycles. The van der Waals surface area contributed by atoms with Crippen LogP contribution in [0.15, 0.2) is 174 Å². The number of anilines is 4. The minimum Gasteiger partial charge on any atom is -0.456 e. The second-order valence-corrected chi connectivity index (χ2v) is 11.9. The van der Waals surface area contributed by atoms with Gasteiger partial charge in [0.2, 0.25) is 0 Å². The van der Waals surface area contributed by atoms with Gasteiger partial charge in [-0.1, -0.05) is 121 Å². The number of hydrogen-bond donors (Lipinski definition) is 2. The van der Waals surface area contributed by atoms with Crippen molar-refractivity contribution in [2.75, 3.05) is 10.6 Å². The Morgan fingerprint density at radius 3 is 1.47 bits per heavy atom. The monoisotopic (exact) mass is 602 g/mol. The van der Waals surface area contributed by atoms with Crippen molar-refractivity contribution in [3.63, 3.8) is 0 Å². The van der Waals surface area contributed by atoms with Crippen molar-refractivity contribution in [3.8, 4) is 22.3 Å². The molecule has 47 heavy (non-hydrogen) atoms. The lowest BCUT2D eigenvalue weighted by atomic mass is 9.85. The van der Waals surface area contributed by atoms with Gasteiger partial charge in [0, 0.05) is 22.1 Å². The minimum atomic E-state index is 0.907. The molecule has 0 aliphatic heterocycles. The van der Waals surface area contributed by atoms with Crippen molar-refractivity contribution in [2.45, 2.75) is 0 Å².